The van der Waals surface area contributed by atoms with E-state index in [-0.39, 0.29) is 5.97 Å². The van der Waals surface area contributed by atoms with E-state index >= 15 is 0 Å². The number of thiazole rings is 1. The maximum atomic E-state index is 11.0. The largest absolute Gasteiger partial charge is 0.618 e. The van der Waals surface area contributed by atoms with Gasteiger partial charge in [0.05, 0.1) is 11.5 Å². The van der Waals surface area contributed by atoms with Crippen LogP contribution in [0, 0.1) is 12.1 Å². The molecular weight excluding hydrogens is 190 g/mol. The van der Waals surface area contributed by atoms with Crippen LogP contribution in [0.4, 0.5) is 0 Å². The summed E-state index contributed by atoms with van der Waals surface area (Å²) in [5, 5.41) is 11.0. The molecule has 0 aliphatic carbocycles. The molecule has 5 heteroatoms. The van der Waals surface area contributed by atoms with E-state index in [0.29, 0.717) is 18.7 Å². The van der Waals surface area contributed by atoms with E-state index in [0.717, 1.165) is 9.61 Å². The molecule has 1 heterocycles. The number of rotatable bonds is 3. The molecule has 1 aromatic heterocycles. The molecule has 0 saturated carbocycles. The Morgan fingerprint density at radius 2 is 2.46 bits per heavy atom. The summed E-state index contributed by atoms with van der Waals surface area (Å²) < 4.78 is 5.59. The first kappa shape index (κ1) is 9.98. The molecule has 0 N–H and O–H groups in total. The molecule has 0 atom stereocenters. The third kappa shape index (κ3) is 2.69. The van der Waals surface area contributed by atoms with Crippen molar-refractivity contribution in [1.29, 1.82) is 0 Å². The quantitative estimate of drug-likeness (QED) is 0.413. The molecule has 0 unspecified atom stereocenters. The average Bonchev–Trinajstić information content (AvgIpc) is 2.35. The van der Waals surface area contributed by atoms with Crippen molar-refractivity contribution in [2.24, 2.45) is 0 Å². The molecule has 1 rings (SSSR count). The SMILES string of the molecule is CC(=O)OCCc1sc[n+]([O-])c1C. The lowest BCUT2D eigenvalue weighted by atomic mass is 10.3. The van der Waals surface area contributed by atoms with E-state index in [1.807, 2.05) is 0 Å². The van der Waals surface area contributed by atoms with E-state index in [1.54, 1.807) is 6.92 Å². The van der Waals surface area contributed by atoms with Gasteiger partial charge in [-0.15, -0.1) is 0 Å². The number of hydrogen-bond donors (Lipinski definition) is 0. The van der Waals surface area contributed by atoms with Crippen LogP contribution in [-0.2, 0) is 16.0 Å². The van der Waals surface area contributed by atoms with Gasteiger partial charge in [-0.3, -0.25) is 4.79 Å². The predicted molar refractivity (Wildman–Crippen MR) is 48.4 cm³/mol. The molecule has 0 aliphatic rings. The van der Waals surface area contributed by atoms with Gasteiger partial charge in [-0.1, -0.05) is 11.3 Å². The van der Waals surface area contributed by atoms with Crippen molar-refractivity contribution >= 4 is 17.3 Å². The van der Waals surface area contributed by atoms with E-state index in [4.69, 9.17) is 4.74 Å². The second kappa shape index (κ2) is 4.23. The van der Waals surface area contributed by atoms with E-state index in [2.05, 4.69) is 0 Å². The van der Waals surface area contributed by atoms with Crippen LogP contribution < -0.4 is 4.73 Å². The highest BCUT2D eigenvalue weighted by Gasteiger charge is 2.10. The van der Waals surface area contributed by atoms with Crippen LogP contribution in [0.25, 0.3) is 0 Å². The topological polar surface area (TPSA) is 53.2 Å². The molecule has 0 amide bonds. The minimum atomic E-state index is -0.288. The normalized spacial score (nSPS) is 10.0. The molecule has 0 bridgehead atoms. The zero-order chi connectivity index (χ0) is 9.84. The van der Waals surface area contributed by atoms with Crippen molar-refractivity contribution in [2.45, 2.75) is 20.3 Å². The summed E-state index contributed by atoms with van der Waals surface area (Å²) in [6, 6.07) is 0. The summed E-state index contributed by atoms with van der Waals surface area (Å²) in [7, 11) is 0. The van der Waals surface area contributed by atoms with Gasteiger partial charge < -0.3 is 9.94 Å². The molecule has 72 valence electrons. The van der Waals surface area contributed by atoms with Crippen molar-refractivity contribution in [1.82, 2.24) is 0 Å². The van der Waals surface area contributed by atoms with Crippen molar-refractivity contribution in [3.8, 4) is 0 Å². The first-order chi connectivity index (χ1) is 6.11. The summed E-state index contributed by atoms with van der Waals surface area (Å²) in [4.78, 5) is 11.4. The van der Waals surface area contributed by atoms with Crippen molar-refractivity contribution < 1.29 is 14.3 Å². The Hall–Kier alpha value is -1.10. The first-order valence-electron chi connectivity index (χ1n) is 3.90. The first-order valence-corrected chi connectivity index (χ1v) is 4.78. The van der Waals surface area contributed by atoms with Crippen LogP contribution in [0.1, 0.15) is 17.5 Å². The maximum absolute atomic E-state index is 11.0. The lowest BCUT2D eigenvalue weighted by Gasteiger charge is -1.99. The Labute approximate surface area is 80.3 Å². The molecule has 0 radical (unpaired) electrons. The summed E-state index contributed by atoms with van der Waals surface area (Å²) in [5.74, 6) is -0.288. The number of esters is 1. The van der Waals surface area contributed by atoms with Crippen LogP contribution in [0.2, 0.25) is 0 Å². The molecule has 1 aromatic rings. The van der Waals surface area contributed by atoms with Crippen LogP contribution >= 0.6 is 11.3 Å². The van der Waals surface area contributed by atoms with Gasteiger partial charge in [0.15, 0.2) is 0 Å². The number of carbonyl (C=O) groups excluding carboxylic acids is 1. The zero-order valence-electron chi connectivity index (χ0n) is 7.57. The monoisotopic (exact) mass is 201 g/mol. The lowest BCUT2D eigenvalue weighted by molar-refractivity contribution is -0.607. The molecule has 0 aromatic carbocycles. The Bertz CT molecular complexity index is 308. The van der Waals surface area contributed by atoms with Crippen LogP contribution in [0.15, 0.2) is 5.51 Å². The van der Waals surface area contributed by atoms with Crippen molar-refractivity contribution in [3.05, 3.63) is 21.3 Å². The van der Waals surface area contributed by atoms with Crippen molar-refractivity contribution in [3.63, 3.8) is 0 Å². The van der Waals surface area contributed by atoms with Gasteiger partial charge >= 0.3 is 5.97 Å². The second-order valence-corrected chi connectivity index (χ2v) is 3.59. The van der Waals surface area contributed by atoms with Gasteiger partial charge in [-0.25, -0.2) is 0 Å². The minimum absolute atomic E-state index is 0.288. The van der Waals surface area contributed by atoms with Crippen LogP contribution in [0.5, 0.6) is 0 Å². The minimum Gasteiger partial charge on any atom is -0.618 e. The summed E-state index contributed by atoms with van der Waals surface area (Å²) in [6.07, 6.45) is 0.616. The van der Waals surface area contributed by atoms with Crippen molar-refractivity contribution in [2.75, 3.05) is 6.61 Å². The Balaban J connectivity index is 2.45. The highest BCUT2D eigenvalue weighted by molar-refractivity contribution is 7.09. The number of carbonyl (C=O) groups is 1. The Kier molecular flexibility index (Phi) is 3.25. The standard InChI is InChI=1S/C8H11NO3S/c1-6-8(13-5-9(6)11)3-4-12-7(2)10/h5H,3-4H2,1-2H3. The van der Waals surface area contributed by atoms with Gasteiger partial charge in [-0.05, 0) is 0 Å². The number of nitrogens with zero attached hydrogens (tertiary/aromatic N) is 1. The van der Waals surface area contributed by atoms with Crippen LogP contribution in [-0.4, -0.2) is 12.6 Å². The number of aromatic nitrogens is 1. The molecule has 4 nitrogen and oxygen atoms in total. The molecule has 0 aliphatic heterocycles. The highest BCUT2D eigenvalue weighted by atomic mass is 32.1. The van der Waals surface area contributed by atoms with Gasteiger partial charge in [0.2, 0.25) is 11.2 Å². The van der Waals surface area contributed by atoms with E-state index in [1.165, 1.54) is 23.8 Å². The van der Waals surface area contributed by atoms with E-state index in [9.17, 15) is 10.0 Å². The molecule has 0 spiro atoms. The highest BCUT2D eigenvalue weighted by Crippen LogP contribution is 2.10. The maximum Gasteiger partial charge on any atom is 0.302 e. The van der Waals surface area contributed by atoms with E-state index < -0.39 is 0 Å². The summed E-state index contributed by atoms with van der Waals surface area (Å²) in [5.41, 5.74) is 2.19. The third-order valence-corrected chi connectivity index (χ3v) is 2.74. The van der Waals surface area contributed by atoms with Gasteiger partial charge in [-0.2, -0.15) is 4.73 Å². The zero-order valence-corrected chi connectivity index (χ0v) is 8.39. The molecule has 0 saturated heterocycles. The Morgan fingerprint density at radius 1 is 1.77 bits per heavy atom. The fraction of sp³-hybridized carbons (Fsp3) is 0.500. The predicted octanol–water partition coefficient (Wildman–Crippen LogP) is 0.796. The smallest absolute Gasteiger partial charge is 0.302 e. The molecular formula is C8H11NO3S. The number of ether oxygens (including phenoxy) is 1. The number of hydrogen-bond acceptors (Lipinski definition) is 4. The Morgan fingerprint density at radius 3 is 2.92 bits per heavy atom. The molecule has 0 fully saturated rings. The summed E-state index contributed by atoms with van der Waals surface area (Å²) >= 11 is 1.39. The molecule has 13 heavy (non-hydrogen) atoms. The van der Waals surface area contributed by atoms with Gasteiger partial charge in [0.25, 0.3) is 0 Å². The fourth-order valence-corrected chi connectivity index (χ4v) is 1.77. The summed E-state index contributed by atoms with van der Waals surface area (Å²) in [6.45, 7) is 3.47. The fourth-order valence-electron chi connectivity index (χ4n) is 0.926. The third-order valence-electron chi connectivity index (χ3n) is 1.66. The van der Waals surface area contributed by atoms with Crippen LogP contribution in [0.3, 0.4) is 0 Å². The lowest BCUT2D eigenvalue weighted by Crippen LogP contribution is -2.26. The second-order valence-electron chi connectivity index (χ2n) is 2.65. The average molecular weight is 201 g/mol. The van der Waals surface area contributed by atoms with Gasteiger partial charge in [0.1, 0.15) is 0 Å². The van der Waals surface area contributed by atoms with Gasteiger partial charge in [0, 0.05) is 20.3 Å².